The standard InChI is InChI=1S/C25H26N2O2S/c1-16-7-10-20(11-8-16)24(28)27-23(15-22-6-5-13-30-22)25(29)26-19(4)21-12-9-17(2)18(3)14-21/h5-15,19H,1-4H3,(H,26,29)(H,27,28)/b23-15-/t19-/m0/s1. The first kappa shape index (κ1) is 21.5. The van der Waals surface area contributed by atoms with Crippen LogP contribution in [0.3, 0.4) is 0 Å². The maximum atomic E-state index is 13.0. The SMILES string of the molecule is Cc1ccc(C(=O)N/C(=C\c2cccs2)C(=O)N[C@@H](C)c2ccc(C)c(C)c2)cc1. The van der Waals surface area contributed by atoms with E-state index in [1.165, 1.54) is 22.5 Å². The molecule has 3 rings (SSSR count). The molecule has 30 heavy (non-hydrogen) atoms. The molecule has 0 aliphatic rings. The van der Waals surface area contributed by atoms with Crippen molar-refractivity contribution >= 4 is 29.2 Å². The number of nitrogens with one attached hydrogen (secondary N) is 2. The van der Waals surface area contributed by atoms with Crippen LogP contribution < -0.4 is 10.6 Å². The predicted octanol–water partition coefficient (Wildman–Crippen LogP) is 5.32. The average Bonchev–Trinajstić information content (AvgIpc) is 3.23. The van der Waals surface area contributed by atoms with E-state index < -0.39 is 0 Å². The number of thiophene rings is 1. The maximum Gasteiger partial charge on any atom is 0.268 e. The van der Waals surface area contributed by atoms with Gasteiger partial charge in [-0.3, -0.25) is 9.59 Å². The quantitative estimate of drug-likeness (QED) is 0.532. The number of rotatable bonds is 6. The van der Waals surface area contributed by atoms with Crippen molar-refractivity contribution in [2.75, 3.05) is 0 Å². The fourth-order valence-corrected chi connectivity index (χ4v) is 3.62. The van der Waals surface area contributed by atoms with E-state index in [9.17, 15) is 9.59 Å². The molecule has 0 saturated heterocycles. The minimum atomic E-state index is -0.324. The second kappa shape index (κ2) is 9.55. The lowest BCUT2D eigenvalue weighted by atomic mass is 10.0. The Kier molecular flexibility index (Phi) is 6.85. The average molecular weight is 419 g/mol. The summed E-state index contributed by atoms with van der Waals surface area (Å²) in [5.74, 6) is -0.638. The molecule has 0 aliphatic heterocycles. The Hall–Kier alpha value is -3.18. The topological polar surface area (TPSA) is 58.2 Å². The number of benzene rings is 2. The summed E-state index contributed by atoms with van der Waals surface area (Å²) in [6.07, 6.45) is 1.71. The largest absolute Gasteiger partial charge is 0.344 e. The normalized spacial score (nSPS) is 12.3. The highest BCUT2D eigenvalue weighted by molar-refractivity contribution is 7.10. The van der Waals surface area contributed by atoms with Gasteiger partial charge in [0.1, 0.15) is 5.70 Å². The van der Waals surface area contributed by atoms with Gasteiger partial charge in [0.05, 0.1) is 6.04 Å². The van der Waals surface area contributed by atoms with E-state index >= 15 is 0 Å². The number of hydrogen-bond donors (Lipinski definition) is 2. The summed E-state index contributed by atoms with van der Waals surface area (Å²) in [7, 11) is 0. The molecular weight excluding hydrogens is 392 g/mol. The van der Waals surface area contributed by atoms with Gasteiger partial charge >= 0.3 is 0 Å². The molecule has 3 aromatic rings. The van der Waals surface area contributed by atoms with Gasteiger partial charge in [0, 0.05) is 10.4 Å². The van der Waals surface area contributed by atoms with E-state index in [1.807, 2.05) is 49.6 Å². The van der Waals surface area contributed by atoms with Crippen LogP contribution >= 0.6 is 11.3 Å². The van der Waals surface area contributed by atoms with Crippen molar-refractivity contribution in [1.29, 1.82) is 0 Å². The molecule has 154 valence electrons. The lowest BCUT2D eigenvalue weighted by molar-refractivity contribution is -0.118. The summed E-state index contributed by atoms with van der Waals surface area (Å²) in [4.78, 5) is 26.6. The maximum absolute atomic E-state index is 13.0. The van der Waals surface area contributed by atoms with Gasteiger partial charge in [0.25, 0.3) is 11.8 Å². The molecule has 0 unspecified atom stereocenters. The molecule has 0 aliphatic carbocycles. The molecule has 4 nitrogen and oxygen atoms in total. The minimum Gasteiger partial charge on any atom is -0.344 e. The molecule has 0 bridgehead atoms. The minimum absolute atomic E-state index is 0.195. The van der Waals surface area contributed by atoms with E-state index in [1.54, 1.807) is 18.2 Å². The van der Waals surface area contributed by atoms with Crippen LogP contribution in [-0.2, 0) is 4.79 Å². The summed E-state index contributed by atoms with van der Waals surface area (Å²) < 4.78 is 0. The number of hydrogen-bond acceptors (Lipinski definition) is 3. The molecule has 0 spiro atoms. The van der Waals surface area contributed by atoms with Gasteiger partial charge in [-0.25, -0.2) is 0 Å². The van der Waals surface area contributed by atoms with Gasteiger partial charge in [0.15, 0.2) is 0 Å². The fourth-order valence-electron chi connectivity index (χ4n) is 2.97. The molecule has 2 aromatic carbocycles. The van der Waals surface area contributed by atoms with Crippen molar-refractivity contribution in [1.82, 2.24) is 10.6 Å². The first-order valence-electron chi connectivity index (χ1n) is 9.84. The molecule has 1 heterocycles. The summed E-state index contributed by atoms with van der Waals surface area (Å²) >= 11 is 1.50. The van der Waals surface area contributed by atoms with Crippen molar-refractivity contribution in [3.05, 3.63) is 98.4 Å². The molecule has 0 fully saturated rings. The van der Waals surface area contributed by atoms with Crippen LogP contribution in [0.15, 0.2) is 65.7 Å². The molecule has 5 heteroatoms. The van der Waals surface area contributed by atoms with Crippen molar-refractivity contribution in [3.63, 3.8) is 0 Å². The highest BCUT2D eigenvalue weighted by Gasteiger charge is 2.18. The Morgan fingerprint density at radius 3 is 2.33 bits per heavy atom. The van der Waals surface area contributed by atoms with E-state index in [0.29, 0.717) is 5.56 Å². The van der Waals surface area contributed by atoms with E-state index in [0.717, 1.165) is 16.0 Å². The number of carbonyl (C=O) groups excluding carboxylic acids is 2. The summed E-state index contributed by atoms with van der Waals surface area (Å²) in [5, 5.41) is 7.72. The molecule has 0 radical (unpaired) electrons. The van der Waals surface area contributed by atoms with E-state index in [-0.39, 0.29) is 23.6 Å². The van der Waals surface area contributed by atoms with E-state index in [2.05, 4.69) is 36.6 Å². The van der Waals surface area contributed by atoms with Gasteiger partial charge in [-0.1, -0.05) is 42.0 Å². The highest BCUT2D eigenvalue weighted by Crippen LogP contribution is 2.18. The van der Waals surface area contributed by atoms with Gasteiger partial charge in [-0.2, -0.15) is 0 Å². The zero-order chi connectivity index (χ0) is 21.7. The van der Waals surface area contributed by atoms with Crippen molar-refractivity contribution in [2.45, 2.75) is 33.7 Å². The Labute approximate surface area is 181 Å². The van der Waals surface area contributed by atoms with Crippen molar-refractivity contribution in [3.8, 4) is 0 Å². The zero-order valence-electron chi connectivity index (χ0n) is 17.7. The Morgan fingerprint density at radius 2 is 1.70 bits per heavy atom. The Morgan fingerprint density at radius 1 is 0.967 bits per heavy atom. The van der Waals surface area contributed by atoms with Crippen LogP contribution in [0.1, 0.15) is 50.5 Å². The predicted molar refractivity (Wildman–Crippen MR) is 123 cm³/mol. The third-order valence-corrected chi connectivity index (χ3v) is 5.83. The molecule has 0 saturated carbocycles. The summed E-state index contributed by atoms with van der Waals surface area (Å²) in [6.45, 7) is 8.01. The molecule has 1 atom stereocenters. The van der Waals surface area contributed by atoms with Crippen LogP contribution in [0.2, 0.25) is 0 Å². The third-order valence-electron chi connectivity index (χ3n) is 5.01. The third kappa shape index (κ3) is 5.45. The first-order chi connectivity index (χ1) is 14.3. The van der Waals surface area contributed by atoms with Gasteiger partial charge in [-0.15, -0.1) is 11.3 Å². The van der Waals surface area contributed by atoms with Crippen LogP contribution in [-0.4, -0.2) is 11.8 Å². The van der Waals surface area contributed by atoms with E-state index in [4.69, 9.17) is 0 Å². The van der Waals surface area contributed by atoms with Gasteiger partial charge in [-0.05, 0) is 74.0 Å². The van der Waals surface area contributed by atoms with Crippen molar-refractivity contribution in [2.24, 2.45) is 0 Å². The number of aryl methyl sites for hydroxylation is 3. The second-order valence-electron chi connectivity index (χ2n) is 7.43. The highest BCUT2D eigenvalue weighted by atomic mass is 32.1. The lowest BCUT2D eigenvalue weighted by Gasteiger charge is -2.17. The molecule has 2 amide bonds. The molecular formula is C25H26N2O2S. The summed E-state index contributed by atoms with van der Waals surface area (Å²) in [5.41, 5.74) is 5.20. The Bertz CT molecular complexity index is 1070. The number of carbonyl (C=O) groups is 2. The van der Waals surface area contributed by atoms with Gasteiger partial charge in [0.2, 0.25) is 0 Å². The smallest absolute Gasteiger partial charge is 0.268 e. The van der Waals surface area contributed by atoms with Crippen molar-refractivity contribution < 1.29 is 9.59 Å². The van der Waals surface area contributed by atoms with Crippen LogP contribution in [0.5, 0.6) is 0 Å². The monoisotopic (exact) mass is 418 g/mol. The molecule has 1 aromatic heterocycles. The first-order valence-corrected chi connectivity index (χ1v) is 10.7. The summed E-state index contributed by atoms with van der Waals surface area (Å²) in [6, 6.07) is 17.0. The van der Waals surface area contributed by atoms with Crippen LogP contribution in [0.25, 0.3) is 6.08 Å². The molecule has 2 N–H and O–H groups in total. The van der Waals surface area contributed by atoms with Crippen LogP contribution in [0, 0.1) is 20.8 Å². The Balaban J connectivity index is 1.81. The van der Waals surface area contributed by atoms with Crippen LogP contribution in [0.4, 0.5) is 0 Å². The number of amides is 2. The lowest BCUT2D eigenvalue weighted by Crippen LogP contribution is -2.36. The van der Waals surface area contributed by atoms with Gasteiger partial charge < -0.3 is 10.6 Å². The fraction of sp³-hybridized carbons (Fsp3) is 0.200. The zero-order valence-corrected chi connectivity index (χ0v) is 18.5. The second-order valence-corrected chi connectivity index (χ2v) is 8.41.